The molecule has 2 aliphatic heterocycles. The van der Waals surface area contributed by atoms with Gasteiger partial charge in [-0.05, 0) is 61.0 Å². The Bertz CT molecular complexity index is 1800. The number of nitrogens with one attached hydrogen (secondary N) is 1. The van der Waals surface area contributed by atoms with Crippen molar-refractivity contribution in [1.82, 2.24) is 4.57 Å². The van der Waals surface area contributed by atoms with Crippen molar-refractivity contribution in [1.29, 1.82) is 0 Å². The van der Waals surface area contributed by atoms with Gasteiger partial charge in [0.15, 0.2) is 11.5 Å². The summed E-state index contributed by atoms with van der Waals surface area (Å²) in [4.78, 5) is 55.8. The quantitative estimate of drug-likeness (QED) is 0.231. The number of imide groups is 1. The second-order valence-corrected chi connectivity index (χ2v) is 12.3. The van der Waals surface area contributed by atoms with Crippen LogP contribution in [0.3, 0.4) is 0 Å². The highest BCUT2D eigenvalue weighted by Gasteiger charge is 2.57. The van der Waals surface area contributed by atoms with Crippen LogP contribution in [0.2, 0.25) is 0 Å². The molecule has 3 heterocycles. The van der Waals surface area contributed by atoms with E-state index in [9.17, 15) is 24.3 Å². The standard InChI is InChI=1S/C31H27N3O7S2/c1-16-4-9-19(10-5-16)34-28(37)25-24(17-6-13-21(40-2)22(14-17)41-3)27-30(42-26(25)29(34)38)33(31(39)43-27)15-23(36)32-18-7-11-20(35)12-8-18/h4-14,24-26,35H,15H2,1-3H3,(H,32,36). The summed E-state index contributed by atoms with van der Waals surface area (Å²) in [5.41, 5.74) is 2.62. The monoisotopic (exact) mass is 617 g/mol. The zero-order valence-corrected chi connectivity index (χ0v) is 25.0. The lowest BCUT2D eigenvalue weighted by Gasteiger charge is -2.31. The number of amides is 3. The van der Waals surface area contributed by atoms with Gasteiger partial charge in [-0.25, -0.2) is 4.90 Å². The maximum atomic E-state index is 14.1. The molecule has 3 atom stereocenters. The van der Waals surface area contributed by atoms with Crippen LogP contribution in [0.1, 0.15) is 21.9 Å². The summed E-state index contributed by atoms with van der Waals surface area (Å²) in [6.45, 7) is 1.63. The largest absolute Gasteiger partial charge is 0.508 e. The van der Waals surface area contributed by atoms with Crippen LogP contribution in [-0.2, 0) is 20.9 Å². The highest BCUT2D eigenvalue weighted by Crippen LogP contribution is 2.54. The van der Waals surface area contributed by atoms with E-state index in [-0.39, 0.29) is 29.0 Å². The average molecular weight is 618 g/mol. The van der Waals surface area contributed by atoms with E-state index in [1.807, 2.05) is 19.1 Å². The minimum Gasteiger partial charge on any atom is -0.508 e. The number of aryl methyl sites for hydroxylation is 1. The van der Waals surface area contributed by atoms with Crippen LogP contribution < -0.4 is 24.6 Å². The number of fused-ring (bicyclic) bond motifs is 2. The van der Waals surface area contributed by atoms with Crippen LogP contribution in [0.5, 0.6) is 17.2 Å². The fraction of sp³-hybridized carbons (Fsp3) is 0.226. The molecular weight excluding hydrogens is 590 g/mol. The molecule has 220 valence electrons. The number of ether oxygens (including phenoxy) is 2. The highest BCUT2D eigenvalue weighted by molar-refractivity contribution is 8.00. The van der Waals surface area contributed by atoms with Crippen molar-refractivity contribution in [2.24, 2.45) is 5.92 Å². The van der Waals surface area contributed by atoms with Crippen molar-refractivity contribution in [2.75, 3.05) is 24.4 Å². The van der Waals surface area contributed by atoms with Gasteiger partial charge in [0.25, 0.3) is 0 Å². The number of aromatic hydroxyl groups is 1. The minimum absolute atomic E-state index is 0.0590. The van der Waals surface area contributed by atoms with Gasteiger partial charge in [-0.15, -0.1) is 0 Å². The predicted molar refractivity (Wildman–Crippen MR) is 164 cm³/mol. The number of aromatic nitrogens is 1. The molecule has 6 rings (SSSR count). The third kappa shape index (κ3) is 5.06. The van der Waals surface area contributed by atoms with Crippen LogP contribution in [0.15, 0.2) is 76.6 Å². The number of phenolic OH excluding ortho intramolecular Hbond substituents is 1. The normalized spacial score (nSPS) is 19.1. The molecule has 10 nitrogen and oxygen atoms in total. The maximum Gasteiger partial charge on any atom is 0.308 e. The zero-order valence-electron chi connectivity index (χ0n) is 23.4. The van der Waals surface area contributed by atoms with Crippen LogP contribution in [0, 0.1) is 12.8 Å². The number of carbonyl (C=O) groups excluding carboxylic acids is 3. The van der Waals surface area contributed by atoms with E-state index in [1.54, 1.807) is 42.5 Å². The van der Waals surface area contributed by atoms with E-state index in [0.717, 1.165) is 28.7 Å². The predicted octanol–water partition coefficient (Wildman–Crippen LogP) is 4.38. The van der Waals surface area contributed by atoms with Gasteiger partial charge < -0.3 is 19.9 Å². The highest BCUT2D eigenvalue weighted by atomic mass is 32.2. The Hall–Kier alpha value is -4.55. The van der Waals surface area contributed by atoms with Crippen LogP contribution in [0.25, 0.3) is 0 Å². The molecule has 1 fully saturated rings. The molecule has 1 saturated heterocycles. The summed E-state index contributed by atoms with van der Waals surface area (Å²) in [5, 5.41) is 11.9. The van der Waals surface area contributed by atoms with Gasteiger partial charge >= 0.3 is 4.87 Å². The second-order valence-electron chi connectivity index (χ2n) is 10.2. The minimum atomic E-state index is -0.820. The first-order valence-corrected chi connectivity index (χ1v) is 15.0. The van der Waals surface area contributed by atoms with Crippen LogP contribution in [0.4, 0.5) is 11.4 Å². The van der Waals surface area contributed by atoms with E-state index in [0.29, 0.717) is 38.3 Å². The van der Waals surface area contributed by atoms with Crippen LogP contribution in [-0.4, -0.2) is 46.9 Å². The molecule has 3 aromatic carbocycles. The molecule has 0 bridgehead atoms. The molecule has 43 heavy (non-hydrogen) atoms. The lowest BCUT2D eigenvalue weighted by Crippen LogP contribution is -2.33. The first-order chi connectivity index (χ1) is 20.7. The van der Waals surface area contributed by atoms with Crippen LogP contribution >= 0.6 is 23.1 Å². The number of thioether (sulfide) groups is 1. The number of carbonyl (C=O) groups is 3. The summed E-state index contributed by atoms with van der Waals surface area (Å²) in [6, 6.07) is 18.5. The van der Waals surface area contributed by atoms with E-state index >= 15 is 0 Å². The van der Waals surface area contributed by atoms with Gasteiger partial charge in [-0.1, -0.05) is 46.9 Å². The van der Waals surface area contributed by atoms with Crippen molar-refractivity contribution in [3.63, 3.8) is 0 Å². The second kappa shape index (κ2) is 11.3. The lowest BCUT2D eigenvalue weighted by atomic mass is 9.83. The smallest absolute Gasteiger partial charge is 0.308 e. The molecule has 0 saturated carbocycles. The number of methoxy groups -OCH3 is 2. The molecule has 12 heteroatoms. The fourth-order valence-electron chi connectivity index (χ4n) is 5.50. The number of nitrogens with zero attached hydrogens (tertiary/aromatic N) is 2. The summed E-state index contributed by atoms with van der Waals surface area (Å²) in [7, 11) is 3.04. The number of hydrogen-bond acceptors (Lipinski definition) is 9. The number of phenols is 1. The first kappa shape index (κ1) is 28.6. The van der Waals surface area contributed by atoms with Crippen molar-refractivity contribution >= 4 is 52.2 Å². The van der Waals surface area contributed by atoms with Gasteiger partial charge in [-0.3, -0.25) is 23.7 Å². The molecule has 0 spiro atoms. The Balaban J connectivity index is 1.43. The molecule has 2 aliphatic rings. The molecular formula is C31H27N3O7S2. The molecule has 0 aliphatic carbocycles. The third-order valence-corrected chi connectivity index (χ3v) is 10.2. The molecule has 2 N–H and O–H groups in total. The number of anilines is 2. The fourth-order valence-corrected chi connectivity index (χ4v) is 8.27. The summed E-state index contributed by atoms with van der Waals surface area (Å²) < 4.78 is 12.3. The Labute approximate surface area is 254 Å². The zero-order chi connectivity index (χ0) is 30.4. The number of thiazole rings is 1. The Kier molecular flexibility index (Phi) is 7.49. The van der Waals surface area contributed by atoms with Gasteiger partial charge in [0.1, 0.15) is 17.5 Å². The summed E-state index contributed by atoms with van der Waals surface area (Å²) in [6.07, 6.45) is 0. The number of benzene rings is 3. The molecule has 4 aromatic rings. The van der Waals surface area contributed by atoms with Gasteiger partial charge in [0.05, 0.1) is 30.9 Å². The molecule has 1 aromatic heterocycles. The molecule has 3 amide bonds. The van der Waals surface area contributed by atoms with Gasteiger partial charge in [0, 0.05) is 16.5 Å². The van der Waals surface area contributed by atoms with E-state index < -0.39 is 23.0 Å². The maximum absolute atomic E-state index is 14.1. The summed E-state index contributed by atoms with van der Waals surface area (Å²) >= 11 is 2.11. The van der Waals surface area contributed by atoms with Crippen molar-refractivity contribution in [2.45, 2.75) is 29.7 Å². The van der Waals surface area contributed by atoms with Crippen molar-refractivity contribution < 1.29 is 29.0 Å². The molecule has 0 radical (unpaired) electrons. The van der Waals surface area contributed by atoms with Gasteiger partial charge in [0.2, 0.25) is 17.7 Å². The lowest BCUT2D eigenvalue weighted by molar-refractivity contribution is -0.122. The number of rotatable bonds is 7. The van der Waals surface area contributed by atoms with Gasteiger partial charge in [-0.2, -0.15) is 0 Å². The Morgan fingerprint density at radius 3 is 2.30 bits per heavy atom. The molecule has 3 unspecified atom stereocenters. The average Bonchev–Trinajstić information content (AvgIpc) is 3.44. The van der Waals surface area contributed by atoms with E-state index in [4.69, 9.17) is 9.47 Å². The topological polar surface area (TPSA) is 127 Å². The Morgan fingerprint density at radius 2 is 1.63 bits per heavy atom. The first-order valence-electron chi connectivity index (χ1n) is 13.4. The van der Waals surface area contributed by atoms with Crippen molar-refractivity contribution in [3.8, 4) is 17.2 Å². The van der Waals surface area contributed by atoms with Crippen molar-refractivity contribution in [3.05, 3.63) is 92.4 Å². The third-order valence-electron chi connectivity index (χ3n) is 7.56. The summed E-state index contributed by atoms with van der Waals surface area (Å²) in [5.74, 6) is -1.61. The SMILES string of the molecule is COc1ccc(C2c3sc(=O)n(CC(=O)Nc4ccc(O)cc4)c3SC3C(=O)N(c4ccc(C)cc4)C(=O)C32)cc1OC. The number of hydrogen-bond donors (Lipinski definition) is 2. The van der Waals surface area contributed by atoms with E-state index in [2.05, 4.69) is 5.32 Å². The Morgan fingerprint density at radius 1 is 0.930 bits per heavy atom. The van der Waals surface area contributed by atoms with E-state index in [1.165, 1.54) is 35.8 Å².